The van der Waals surface area contributed by atoms with Gasteiger partial charge in [0.15, 0.2) is 0 Å². The zero-order valence-corrected chi connectivity index (χ0v) is 16.2. The maximum atomic E-state index is 12.2. The Labute approximate surface area is 161 Å². The highest BCUT2D eigenvalue weighted by atomic mass is 16.2. The Hall–Kier alpha value is -2.34. The van der Waals surface area contributed by atoms with Crippen molar-refractivity contribution in [2.45, 2.75) is 45.1 Å². The van der Waals surface area contributed by atoms with Crippen molar-refractivity contribution >= 4 is 17.5 Å². The number of nitrogens with zero attached hydrogens (tertiary/aromatic N) is 1. The van der Waals surface area contributed by atoms with Crippen LogP contribution in [0.15, 0.2) is 36.4 Å². The zero-order chi connectivity index (χ0) is 19.1. The third-order valence-corrected chi connectivity index (χ3v) is 5.50. The van der Waals surface area contributed by atoms with Gasteiger partial charge in [0.2, 0.25) is 11.8 Å². The summed E-state index contributed by atoms with van der Waals surface area (Å²) in [6, 6.07) is 10.6. The van der Waals surface area contributed by atoms with Gasteiger partial charge >= 0.3 is 0 Å². The standard InChI is InChI=1S/C21H30N4O2/c1-17-8-5-6-14-24(17)15-7-13-22-20(26)16-25-21(27)12-11-19(23-25)18-9-3-2-4-10-18/h2-4,9-11,17,23H,5-8,12-16H2,1H3,(H,22,26)/p+1. The smallest absolute Gasteiger partial charge is 0.245 e. The molecular formula is C21H31N4O2+. The number of rotatable bonds is 7. The molecule has 0 radical (unpaired) electrons. The summed E-state index contributed by atoms with van der Waals surface area (Å²) in [4.78, 5) is 26.0. The lowest BCUT2D eigenvalue weighted by Gasteiger charge is -2.30. The normalized spacial score (nSPS) is 22.8. The minimum atomic E-state index is -0.119. The van der Waals surface area contributed by atoms with Gasteiger partial charge in [-0.25, -0.2) is 5.01 Å². The summed E-state index contributed by atoms with van der Waals surface area (Å²) in [6.45, 7) is 5.37. The zero-order valence-electron chi connectivity index (χ0n) is 16.2. The molecule has 2 unspecified atom stereocenters. The molecule has 1 saturated heterocycles. The van der Waals surface area contributed by atoms with E-state index in [0.717, 1.165) is 30.3 Å². The van der Waals surface area contributed by atoms with Crippen molar-refractivity contribution < 1.29 is 14.5 Å². The van der Waals surface area contributed by atoms with E-state index < -0.39 is 0 Å². The minimum absolute atomic E-state index is 0.0377. The molecule has 2 atom stereocenters. The first-order valence-corrected chi connectivity index (χ1v) is 10.1. The van der Waals surface area contributed by atoms with Crippen LogP contribution in [0, 0.1) is 0 Å². The van der Waals surface area contributed by atoms with Crippen LogP contribution < -0.4 is 15.6 Å². The van der Waals surface area contributed by atoms with Crippen LogP contribution in [0.25, 0.3) is 5.70 Å². The molecule has 0 spiro atoms. The van der Waals surface area contributed by atoms with Crippen LogP contribution in [0.4, 0.5) is 0 Å². The van der Waals surface area contributed by atoms with E-state index in [-0.39, 0.29) is 18.4 Å². The molecule has 6 nitrogen and oxygen atoms in total. The van der Waals surface area contributed by atoms with Gasteiger partial charge in [0.1, 0.15) is 6.54 Å². The fourth-order valence-corrected chi connectivity index (χ4v) is 3.85. The lowest BCUT2D eigenvalue weighted by molar-refractivity contribution is -0.928. The number of likely N-dealkylation sites (tertiary alicyclic amines) is 1. The topological polar surface area (TPSA) is 65.9 Å². The molecule has 2 aliphatic rings. The molecule has 146 valence electrons. The van der Waals surface area contributed by atoms with Crippen LogP contribution >= 0.6 is 0 Å². The number of nitrogens with one attached hydrogen (secondary N) is 3. The van der Waals surface area contributed by atoms with E-state index in [2.05, 4.69) is 17.7 Å². The summed E-state index contributed by atoms with van der Waals surface area (Å²) in [5.74, 6) is -0.205. The fraction of sp³-hybridized carbons (Fsp3) is 0.524. The van der Waals surface area contributed by atoms with Crippen molar-refractivity contribution in [2.24, 2.45) is 0 Å². The lowest BCUT2D eigenvalue weighted by atomic mass is 10.0. The molecule has 2 aliphatic heterocycles. The Kier molecular flexibility index (Phi) is 6.87. The van der Waals surface area contributed by atoms with Gasteiger partial charge in [-0.15, -0.1) is 0 Å². The molecule has 27 heavy (non-hydrogen) atoms. The van der Waals surface area contributed by atoms with Crippen molar-refractivity contribution in [3.8, 4) is 0 Å². The Morgan fingerprint density at radius 3 is 2.89 bits per heavy atom. The van der Waals surface area contributed by atoms with E-state index in [1.165, 1.54) is 30.8 Å². The van der Waals surface area contributed by atoms with Gasteiger partial charge in [-0.05, 0) is 37.8 Å². The number of amides is 2. The fourth-order valence-electron chi connectivity index (χ4n) is 3.85. The van der Waals surface area contributed by atoms with Gasteiger partial charge in [0, 0.05) is 19.4 Å². The van der Waals surface area contributed by atoms with Crippen LogP contribution in [-0.4, -0.2) is 49.0 Å². The van der Waals surface area contributed by atoms with Crippen LogP contribution in [0.2, 0.25) is 0 Å². The highest BCUT2D eigenvalue weighted by molar-refractivity contribution is 5.88. The second-order valence-corrected chi connectivity index (χ2v) is 7.54. The number of hydrogen-bond acceptors (Lipinski definition) is 3. The summed E-state index contributed by atoms with van der Waals surface area (Å²) in [7, 11) is 0. The van der Waals surface area contributed by atoms with Crippen molar-refractivity contribution in [3.63, 3.8) is 0 Å². The predicted molar refractivity (Wildman–Crippen MR) is 106 cm³/mol. The summed E-state index contributed by atoms with van der Waals surface area (Å²) in [6.07, 6.45) is 7.11. The maximum absolute atomic E-state index is 12.2. The summed E-state index contributed by atoms with van der Waals surface area (Å²) in [5.41, 5.74) is 4.95. The first kappa shape index (κ1) is 19.4. The molecular weight excluding hydrogens is 340 g/mol. The monoisotopic (exact) mass is 371 g/mol. The number of quaternary nitrogens is 1. The van der Waals surface area contributed by atoms with Gasteiger partial charge in [0.25, 0.3) is 0 Å². The van der Waals surface area contributed by atoms with E-state index in [1.807, 2.05) is 36.4 Å². The van der Waals surface area contributed by atoms with E-state index in [0.29, 0.717) is 13.0 Å². The quantitative estimate of drug-likeness (QED) is 0.619. The summed E-state index contributed by atoms with van der Waals surface area (Å²) >= 11 is 0. The molecule has 0 saturated carbocycles. The second kappa shape index (κ2) is 9.55. The average molecular weight is 372 g/mol. The molecule has 6 heteroatoms. The largest absolute Gasteiger partial charge is 0.354 e. The highest BCUT2D eigenvalue weighted by Gasteiger charge is 2.23. The van der Waals surface area contributed by atoms with Crippen molar-refractivity contribution in [3.05, 3.63) is 42.0 Å². The van der Waals surface area contributed by atoms with Gasteiger partial charge < -0.3 is 10.2 Å². The van der Waals surface area contributed by atoms with Crippen LogP contribution in [0.5, 0.6) is 0 Å². The van der Waals surface area contributed by atoms with E-state index in [9.17, 15) is 9.59 Å². The molecule has 3 rings (SSSR count). The lowest BCUT2D eigenvalue weighted by Crippen LogP contribution is -3.16. The number of benzene rings is 1. The highest BCUT2D eigenvalue weighted by Crippen LogP contribution is 2.16. The molecule has 1 fully saturated rings. The average Bonchev–Trinajstić information content (AvgIpc) is 2.69. The number of piperidine rings is 1. The molecule has 0 aliphatic carbocycles. The van der Waals surface area contributed by atoms with Gasteiger partial charge in [-0.3, -0.25) is 15.0 Å². The number of hydrogen-bond donors (Lipinski definition) is 3. The second-order valence-electron chi connectivity index (χ2n) is 7.54. The molecule has 3 N–H and O–H groups in total. The summed E-state index contributed by atoms with van der Waals surface area (Å²) in [5, 5.41) is 4.37. The van der Waals surface area contributed by atoms with Gasteiger partial charge in [-0.2, -0.15) is 0 Å². The Morgan fingerprint density at radius 2 is 2.11 bits per heavy atom. The number of carbonyl (C=O) groups excluding carboxylic acids is 2. The summed E-state index contributed by atoms with van der Waals surface area (Å²) < 4.78 is 0. The predicted octanol–water partition coefficient (Wildman–Crippen LogP) is 0.728. The third-order valence-electron chi connectivity index (χ3n) is 5.50. The first-order valence-electron chi connectivity index (χ1n) is 10.1. The van der Waals surface area contributed by atoms with Gasteiger partial charge in [0.05, 0.1) is 24.8 Å². The SMILES string of the molecule is CC1CCCC[NH+]1CCCNC(=O)CN1NC(c2ccccc2)=CCC1=O. The van der Waals surface area contributed by atoms with Crippen LogP contribution in [0.3, 0.4) is 0 Å². The van der Waals surface area contributed by atoms with Crippen LogP contribution in [0.1, 0.15) is 44.6 Å². The van der Waals surface area contributed by atoms with Gasteiger partial charge in [-0.1, -0.05) is 30.3 Å². The van der Waals surface area contributed by atoms with E-state index in [1.54, 1.807) is 4.90 Å². The Morgan fingerprint density at radius 1 is 1.30 bits per heavy atom. The van der Waals surface area contributed by atoms with Crippen molar-refractivity contribution in [1.82, 2.24) is 15.8 Å². The number of carbonyl (C=O) groups is 2. The van der Waals surface area contributed by atoms with E-state index in [4.69, 9.17) is 0 Å². The molecule has 1 aromatic rings. The molecule has 1 aromatic carbocycles. The Balaban J connectivity index is 1.41. The molecule has 0 aromatic heterocycles. The number of hydrazine groups is 1. The Bertz CT molecular complexity index is 674. The maximum Gasteiger partial charge on any atom is 0.245 e. The molecule has 2 heterocycles. The first-order chi connectivity index (χ1) is 13.1. The van der Waals surface area contributed by atoms with E-state index >= 15 is 0 Å². The van der Waals surface area contributed by atoms with Crippen molar-refractivity contribution in [1.29, 1.82) is 0 Å². The van der Waals surface area contributed by atoms with Crippen molar-refractivity contribution in [2.75, 3.05) is 26.2 Å². The molecule has 2 amide bonds. The molecule has 0 bridgehead atoms. The third kappa shape index (κ3) is 5.57. The minimum Gasteiger partial charge on any atom is -0.354 e. The van der Waals surface area contributed by atoms with Crippen LogP contribution in [-0.2, 0) is 9.59 Å².